The summed E-state index contributed by atoms with van der Waals surface area (Å²) in [5.41, 5.74) is 6.09. The van der Waals surface area contributed by atoms with Crippen LogP contribution in [0.5, 0.6) is 0 Å². The predicted molar refractivity (Wildman–Crippen MR) is 187 cm³/mol. The van der Waals surface area contributed by atoms with Gasteiger partial charge in [0.05, 0.1) is 5.52 Å². The zero-order valence-corrected chi connectivity index (χ0v) is 24.9. The molecule has 0 saturated heterocycles. The van der Waals surface area contributed by atoms with Crippen LogP contribution in [0.2, 0.25) is 0 Å². The zero-order chi connectivity index (χ0) is 29.7. The fraction of sp³-hybridized carbons (Fsp3) is 0. The van der Waals surface area contributed by atoms with Crippen molar-refractivity contribution in [2.24, 2.45) is 0 Å². The molecule has 0 aliphatic carbocycles. The Hall–Kier alpha value is -5.78. The third-order valence-corrected chi connectivity index (χ3v) is 9.58. The van der Waals surface area contributed by atoms with Crippen molar-refractivity contribution < 1.29 is 0 Å². The lowest BCUT2D eigenvalue weighted by Gasteiger charge is -2.11. The van der Waals surface area contributed by atoms with E-state index in [0.717, 1.165) is 33.0 Å². The summed E-state index contributed by atoms with van der Waals surface area (Å²) in [4.78, 5) is 20.1. The monoisotopic (exact) mass is 592 g/mol. The first-order valence-electron chi connectivity index (χ1n) is 14.9. The number of rotatable bonds is 4. The highest BCUT2D eigenvalue weighted by atomic mass is 32.1. The van der Waals surface area contributed by atoms with Crippen LogP contribution < -0.4 is 0 Å². The van der Waals surface area contributed by atoms with Crippen LogP contribution >= 0.6 is 11.3 Å². The summed E-state index contributed by atoms with van der Waals surface area (Å²) in [7, 11) is 0. The van der Waals surface area contributed by atoms with Gasteiger partial charge in [0.15, 0.2) is 17.5 Å². The Bertz CT molecular complexity index is 2550. The van der Waals surface area contributed by atoms with Crippen LogP contribution in [0.25, 0.3) is 87.1 Å². The number of hydrogen-bond donors (Lipinski definition) is 0. The van der Waals surface area contributed by atoms with E-state index in [0.29, 0.717) is 17.5 Å². The van der Waals surface area contributed by atoms with E-state index in [1.165, 1.54) is 36.7 Å². The molecular formula is C40H24N4S. The molecule has 0 aliphatic heterocycles. The summed E-state index contributed by atoms with van der Waals surface area (Å²) in [6.07, 6.45) is 1.82. The first-order chi connectivity index (χ1) is 22.3. The molecule has 0 unspecified atom stereocenters. The van der Waals surface area contributed by atoms with E-state index < -0.39 is 0 Å². The Balaban J connectivity index is 1.26. The second kappa shape index (κ2) is 10.4. The van der Waals surface area contributed by atoms with Crippen LogP contribution in [0.15, 0.2) is 146 Å². The standard InChI is InChI=1S/C40H24N4S/c1-2-9-25(10-3-1)27-18-19-29-24-30(21-20-28(29)23-27)38-42-39(33-15-6-11-26-12-8-22-41-36(26)33)44-40(43-38)34-16-7-14-32-31-13-4-5-17-35(31)45-37(32)34/h1-24H. The lowest BCUT2D eigenvalue weighted by molar-refractivity contribution is 1.08. The average molecular weight is 593 g/mol. The Kier molecular flexibility index (Phi) is 5.96. The summed E-state index contributed by atoms with van der Waals surface area (Å²) < 4.78 is 2.42. The number of para-hydroxylation sites is 1. The first-order valence-corrected chi connectivity index (χ1v) is 15.7. The molecule has 5 heteroatoms. The largest absolute Gasteiger partial charge is 0.255 e. The SMILES string of the molecule is c1ccc(-c2ccc3cc(-c4nc(-c5cccc6cccnc56)nc(-c5cccc6c5sc5ccccc56)n4)ccc3c2)cc1. The number of benzene rings is 6. The highest BCUT2D eigenvalue weighted by molar-refractivity contribution is 7.26. The van der Waals surface area contributed by atoms with Gasteiger partial charge in [-0.05, 0) is 58.3 Å². The van der Waals surface area contributed by atoms with Crippen molar-refractivity contribution in [3.8, 4) is 45.3 Å². The van der Waals surface area contributed by atoms with Crippen LogP contribution in [0, 0.1) is 0 Å². The van der Waals surface area contributed by atoms with E-state index in [2.05, 4.69) is 115 Å². The lowest BCUT2D eigenvalue weighted by Crippen LogP contribution is -2.01. The van der Waals surface area contributed by atoms with E-state index in [-0.39, 0.29) is 0 Å². The summed E-state index contributed by atoms with van der Waals surface area (Å²) in [6, 6.07) is 48.6. The van der Waals surface area contributed by atoms with Crippen molar-refractivity contribution in [2.45, 2.75) is 0 Å². The molecule has 0 atom stereocenters. The van der Waals surface area contributed by atoms with Gasteiger partial charge in [0.1, 0.15) is 0 Å². The number of hydrogen-bond acceptors (Lipinski definition) is 5. The van der Waals surface area contributed by atoms with Gasteiger partial charge in [0.2, 0.25) is 0 Å². The molecule has 0 N–H and O–H groups in total. The molecule has 9 aromatic rings. The zero-order valence-electron chi connectivity index (χ0n) is 24.1. The lowest BCUT2D eigenvalue weighted by atomic mass is 10.00. The topological polar surface area (TPSA) is 51.6 Å². The fourth-order valence-corrected chi connectivity index (χ4v) is 7.36. The van der Waals surface area contributed by atoms with Crippen LogP contribution in [0.4, 0.5) is 0 Å². The van der Waals surface area contributed by atoms with E-state index in [1.807, 2.05) is 30.5 Å². The first kappa shape index (κ1) is 25.7. The molecule has 6 aromatic carbocycles. The number of aromatic nitrogens is 4. The molecular weight excluding hydrogens is 569 g/mol. The van der Waals surface area contributed by atoms with Crippen LogP contribution in [0.1, 0.15) is 0 Å². The smallest absolute Gasteiger partial charge is 0.166 e. The minimum Gasteiger partial charge on any atom is -0.255 e. The second-order valence-corrected chi connectivity index (χ2v) is 12.2. The van der Waals surface area contributed by atoms with Gasteiger partial charge in [-0.15, -0.1) is 11.3 Å². The minimum atomic E-state index is 0.608. The normalized spacial score (nSPS) is 11.6. The van der Waals surface area contributed by atoms with Crippen molar-refractivity contribution in [3.63, 3.8) is 0 Å². The van der Waals surface area contributed by atoms with Crippen molar-refractivity contribution in [1.82, 2.24) is 19.9 Å². The maximum absolute atomic E-state index is 5.14. The molecule has 4 nitrogen and oxygen atoms in total. The Morgan fingerprint density at radius 2 is 1.09 bits per heavy atom. The molecule has 0 saturated carbocycles. The molecule has 0 bridgehead atoms. The second-order valence-electron chi connectivity index (χ2n) is 11.1. The third-order valence-electron chi connectivity index (χ3n) is 8.36. The van der Waals surface area contributed by atoms with Crippen molar-refractivity contribution >= 4 is 53.2 Å². The molecule has 0 amide bonds. The van der Waals surface area contributed by atoms with Gasteiger partial charge in [-0.25, -0.2) is 15.0 Å². The highest BCUT2D eigenvalue weighted by Gasteiger charge is 2.18. The maximum atomic E-state index is 5.14. The van der Waals surface area contributed by atoms with E-state index in [1.54, 1.807) is 11.3 Å². The molecule has 0 fully saturated rings. The summed E-state index contributed by atoms with van der Waals surface area (Å²) in [6.45, 7) is 0. The molecule has 0 spiro atoms. The van der Waals surface area contributed by atoms with Crippen molar-refractivity contribution in [1.29, 1.82) is 0 Å². The summed E-state index contributed by atoms with van der Waals surface area (Å²) >= 11 is 1.78. The van der Waals surface area contributed by atoms with Crippen molar-refractivity contribution in [2.75, 3.05) is 0 Å². The minimum absolute atomic E-state index is 0.608. The van der Waals surface area contributed by atoms with Crippen molar-refractivity contribution in [3.05, 3.63) is 146 Å². The van der Waals surface area contributed by atoms with Crippen LogP contribution in [-0.4, -0.2) is 19.9 Å². The number of nitrogens with zero attached hydrogens (tertiary/aromatic N) is 4. The van der Waals surface area contributed by atoms with E-state index in [4.69, 9.17) is 19.9 Å². The molecule has 0 aliphatic rings. The summed E-state index contributed by atoms with van der Waals surface area (Å²) in [5.74, 6) is 1.90. The average Bonchev–Trinajstić information content (AvgIpc) is 3.50. The van der Waals surface area contributed by atoms with Gasteiger partial charge >= 0.3 is 0 Å². The van der Waals surface area contributed by atoms with Gasteiger partial charge in [0, 0.05) is 48.4 Å². The van der Waals surface area contributed by atoms with Gasteiger partial charge < -0.3 is 0 Å². The molecule has 9 rings (SSSR count). The summed E-state index contributed by atoms with van der Waals surface area (Å²) in [5, 5.41) is 5.81. The number of fused-ring (bicyclic) bond motifs is 5. The van der Waals surface area contributed by atoms with Gasteiger partial charge in [-0.2, -0.15) is 0 Å². The molecule has 0 radical (unpaired) electrons. The Morgan fingerprint density at radius 3 is 1.98 bits per heavy atom. The third kappa shape index (κ3) is 4.44. The van der Waals surface area contributed by atoms with Gasteiger partial charge in [-0.3, -0.25) is 4.98 Å². The number of pyridine rings is 1. The van der Waals surface area contributed by atoms with E-state index in [9.17, 15) is 0 Å². The maximum Gasteiger partial charge on any atom is 0.166 e. The van der Waals surface area contributed by atoms with Crippen LogP contribution in [-0.2, 0) is 0 Å². The Morgan fingerprint density at radius 1 is 0.422 bits per heavy atom. The number of thiophene rings is 1. The quantitative estimate of drug-likeness (QED) is 0.204. The Labute approximate surface area is 263 Å². The molecule has 3 heterocycles. The van der Waals surface area contributed by atoms with Gasteiger partial charge in [-0.1, -0.05) is 103 Å². The molecule has 210 valence electrons. The predicted octanol–water partition coefficient (Wildman–Crippen LogP) is 10.6. The molecule has 3 aromatic heterocycles. The van der Waals surface area contributed by atoms with E-state index >= 15 is 0 Å². The van der Waals surface area contributed by atoms with Gasteiger partial charge in [0.25, 0.3) is 0 Å². The van der Waals surface area contributed by atoms with Crippen LogP contribution in [0.3, 0.4) is 0 Å². The molecule has 45 heavy (non-hydrogen) atoms. The highest BCUT2D eigenvalue weighted by Crippen LogP contribution is 2.40. The fourth-order valence-electron chi connectivity index (χ4n) is 6.15.